The van der Waals surface area contributed by atoms with E-state index in [0.717, 1.165) is 0 Å². The third-order valence-corrected chi connectivity index (χ3v) is 4.86. The predicted octanol–water partition coefficient (Wildman–Crippen LogP) is -3.36. The van der Waals surface area contributed by atoms with Crippen LogP contribution in [0.4, 0.5) is 0 Å². The van der Waals surface area contributed by atoms with Crippen molar-refractivity contribution < 1.29 is 24.3 Å². The molecule has 0 radical (unpaired) electrons. The maximum Gasteiger partial charge on any atom is 0.325 e. The van der Waals surface area contributed by atoms with Crippen LogP contribution >= 0.6 is 0 Å². The molecule has 35 heavy (non-hydrogen) atoms. The summed E-state index contributed by atoms with van der Waals surface area (Å²) < 4.78 is 0. The van der Waals surface area contributed by atoms with Crippen LogP contribution in [0.1, 0.15) is 46.5 Å². The Kier molecular flexibility index (Phi) is 14.4. The summed E-state index contributed by atoms with van der Waals surface area (Å²) in [6, 6.07) is -4.13. The van der Waals surface area contributed by atoms with Gasteiger partial charge in [-0.15, -0.1) is 0 Å². The standard InChI is InChI=1S/C20H40N10O5/c1-10(2)14(30-15(31)12(21)6-4-8-26-19(22)23)17(33)29-13(7-5-9-27-20(24)25)16(32)28-11(3)18(34)35/h10-14H,4-9,21H2,1-3H3,(H,28,32)(H,29,33)(H,30,31)(H,34,35)(H4,22,23,26)(H4,24,25,27). The van der Waals surface area contributed by atoms with E-state index in [-0.39, 0.29) is 37.2 Å². The highest BCUT2D eigenvalue weighted by Crippen LogP contribution is 2.07. The summed E-state index contributed by atoms with van der Waals surface area (Å²) in [5.74, 6) is -3.60. The fourth-order valence-corrected chi connectivity index (χ4v) is 2.86. The van der Waals surface area contributed by atoms with E-state index in [4.69, 9.17) is 33.8 Å². The number of nitrogens with one attached hydrogen (secondary N) is 3. The number of carbonyl (C=O) groups excluding carboxylic acids is 3. The third-order valence-electron chi connectivity index (χ3n) is 4.86. The first kappa shape index (κ1) is 31.4. The van der Waals surface area contributed by atoms with Crippen LogP contribution in [-0.2, 0) is 19.2 Å². The SMILES string of the molecule is CC(NC(=O)C(CCCN=C(N)N)NC(=O)C(NC(=O)C(N)CCCN=C(N)N)C(C)C)C(=O)O. The average molecular weight is 501 g/mol. The van der Waals surface area contributed by atoms with E-state index >= 15 is 0 Å². The van der Waals surface area contributed by atoms with Gasteiger partial charge in [0.25, 0.3) is 0 Å². The van der Waals surface area contributed by atoms with Gasteiger partial charge < -0.3 is 49.7 Å². The number of rotatable bonds is 16. The Balaban J connectivity index is 5.27. The molecule has 0 rings (SSSR count). The van der Waals surface area contributed by atoms with Crippen molar-refractivity contribution in [3.05, 3.63) is 0 Å². The summed E-state index contributed by atoms with van der Waals surface area (Å²) in [7, 11) is 0. The largest absolute Gasteiger partial charge is 0.480 e. The van der Waals surface area contributed by atoms with Gasteiger partial charge in [0.2, 0.25) is 17.7 Å². The first-order valence-electron chi connectivity index (χ1n) is 11.3. The summed E-state index contributed by atoms with van der Waals surface area (Å²) in [6.45, 7) is 5.24. The van der Waals surface area contributed by atoms with Crippen LogP contribution < -0.4 is 44.6 Å². The highest BCUT2D eigenvalue weighted by molar-refractivity contribution is 5.94. The van der Waals surface area contributed by atoms with Gasteiger partial charge in [-0.1, -0.05) is 13.8 Å². The summed E-state index contributed by atoms with van der Waals surface area (Å²) in [6.07, 6.45) is 1.21. The summed E-state index contributed by atoms with van der Waals surface area (Å²) in [5.41, 5.74) is 27.0. The maximum absolute atomic E-state index is 13.0. The molecule has 0 fully saturated rings. The van der Waals surface area contributed by atoms with E-state index in [1.54, 1.807) is 13.8 Å². The van der Waals surface area contributed by atoms with Gasteiger partial charge in [0.1, 0.15) is 18.1 Å². The molecule has 0 heterocycles. The van der Waals surface area contributed by atoms with E-state index < -0.39 is 47.9 Å². The average Bonchev–Trinajstić information content (AvgIpc) is 2.75. The molecule has 0 bridgehead atoms. The molecule has 0 aromatic carbocycles. The fraction of sp³-hybridized carbons (Fsp3) is 0.700. The number of nitrogens with zero attached hydrogens (tertiary/aromatic N) is 2. The van der Waals surface area contributed by atoms with Gasteiger partial charge in [-0.3, -0.25) is 29.2 Å². The molecule has 0 aromatic heterocycles. The van der Waals surface area contributed by atoms with Crippen LogP contribution in [0.25, 0.3) is 0 Å². The highest BCUT2D eigenvalue weighted by atomic mass is 16.4. The molecule has 0 spiro atoms. The normalized spacial score (nSPS) is 14.1. The number of carbonyl (C=O) groups is 4. The molecule has 3 amide bonds. The van der Waals surface area contributed by atoms with Crippen molar-refractivity contribution in [2.45, 2.75) is 70.6 Å². The molecule has 15 nitrogen and oxygen atoms in total. The van der Waals surface area contributed by atoms with Crippen molar-refractivity contribution in [2.75, 3.05) is 13.1 Å². The van der Waals surface area contributed by atoms with Crippen molar-refractivity contribution in [3.8, 4) is 0 Å². The number of aliphatic imine (C=N–C) groups is 2. The van der Waals surface area contributed by atoms with Gasteiger partial charge in [0.05, 0.1) is 6.04 Å². The molecule has 0 aliphatic carbocycles. The zero-order valence-corrected chi connectivity index (χ0v) is 20.5. The van der Waals surface area contributed by atoms with Crippen LogP contribution in [0, 0.1) is 5.92 Å². The number of nitrogens with two attached hydrogens (primary N) is 5. The Labute approximate surface area is 204 Å². The molecule has 15 heteroatoms. The molecule has 0 aromatic rings. The van der Waals surface area contributed by atoms with Crippen LogP contribution in [0.15, 0.2) is 9.98 Å². The fourth-order valence-electron chi connectivity index (χ4n) is 2.86. The second kappa shape index (κ2) is 16.1. The Hall–Kier alpha value is -3.62. The molecular weight excluding hydrogens is 460 g/mol. The molecule has 14 N–H and O–H groups in total. The second-order valence-electron chi connectivity index (χ2n) is 8.36. The summed E-state index contributed by atoms with van der Waals surface area (Å²) in [5, 5.41) is 16.6. The van der Waals surface area contributed by atoms with Crippen molar-refractivity contribution in [2.24, 2.45) is 44.6 Å². The smallest absolute Gasteiger partial charge is 0.325 e. The molecular formula is C20H40N10O5. The monoisotopic (exact) mass is 500 g/mol. The molecule has 4 atom stereocenters. The Bertz CT molecular complexity index is 778. The first-order valence-corrected chi connectivity index (χ1v) is 11.3. The minimum Gasteiger partial charge on any atom is -0.480 e. The van der Waals surface area contributed by atoms with Crippen LogP contribution in [0.5, 0.6) is 0 Å². The van der Waals surface area contributed by atoms with Crippen LogP contribution in [0.2, 0.25) is 0 Å². The number of amides is 3. The minimum absolute atomic E-state index is 0.0609. The number of guanidine groups is 2. The van der Waals surface area contributed by atoms with E-state index in [9.17, 15) is 19.2 Å². The van der Waals surface area contributed by atoms with Crippen molar-refractivity contribution in [1.29, 1.82) is 0 Å². The molecule has 0 aliphatic rings. The third kappa shape index (κ3) is 13.6. The molecule has 0 saturated heterocycles. The molecule has 200 valence electrons. The number of carboxylic acid groups (broad SMARTS) is 1. The molecule has 0 saturated carbocycles. The van der Waals surface area contributed by atoms with Crippen LogP contribution in [-0.4, -0.2) is 78.0 Å². The van der Waals surface area contributed by atoms with E-state index in [1.807, 2.05) is 0 Å². The van der Waals surface area contributed by atoms with E-state index in [1.165, 1.54) is 6.92 Å². The zero-order chi connectivity index (χ0) is 27.1. The summed E-state index contributed by atoms with van der Waals surface area (Å²) in [4.78, 5) is 56.9. The predicted molar refractivity (Wildman–Crippen MR) is 132 cm³/mol. The van der Waals surface area contributed by atoms with Gasteiger partial charge in [-0.05, 0) is 38.5 Å². The Morgan fingerprint density at radius 1 is 0.771 bits per heavy atom. The van der Waals surface area contributed by atoms with E-state index in [2.05, 4.69) is 25.9 Å². The highest BCUT2D eigenvalue weighted by Gasteiger charge is 2.30. The van der Waals surface area contributed by atoms with Gasteiger partial charge >= 0.3 is 5.97 Å². The van der Waals surface area contributed by atoms with Gasteiger partial charge in [-0.25, -0.2) is 0 Å². The lowest BCUT2D eigenvalue weighted by atomic mass is 10.0. The van der Waals surface area contributed by atoms with Gasteiger partial charge in [-0.2, -0.15) is 0 Å². The van der Waals surface area contributed by atoms with Gasteiger partial charge in [0.15, 0.2) is 11.9 Å². The maximum atomic E-state index is 13.0. The van der Waals surface area contributed by atoms with Crippen LogP contribution in [0.3, 0.4) is 0 Å². The molecule has 4 unspecified atom stereocenters. The lowest BCUT2D eigenvalue weighted by molar-refractivity contribution is -0.142. The number of carboxylic acids is 1. The van der Waals surface area contributed by atoms with Gasteiger partial charge in [0, 0.05) is 13.1 Å². The number of aliphatic carboxylic acids is 1. The summed E-state index contributed by atoms with van der Waals surface area (Å²) >= 11 is 0. The Morgan fingerprint density at radius 3 is 1.74 bits per heavy atom. The number of hydrogen-bond donors (Lipinski definition) is 9. The zero-order valence-electron chi connectivity index (χ0n) is 20.5. The van der Waals surface area contributed by atoms with Crippen molar-refractivity contribution in [3.63, 3.8) is 0 Å². The minimum atomic E-state index is -1.23. The molecule has 0 aliphatic heterocycles. The lowest BCUT2D eigenvalue weighted by Gasteiger charge is -2.26. The second-order valence-corrected chi connectivity index (χ2v) is 8.36. The van der Waals surface area contributed by atoms with Crippen molar-refractivity contribution >= 4 is 35.6 Å². The van der Waals surface area contributed by atoms with E-state index in [0.29, 0.717) is 19.4 Å². The first-order chi connectivity index (χ1) is 16.3. The van der Waals surface area contributed by atoms with Crippen molar-refractivity contribution in [1.82, 2.24) is 16.0 Å². The Morgan fingerprint density at radius 2 is 1.29 bits per heavy atom. The lowest BCUT2D eigenvalue weighted by Crippen LogP contribution is -2.58. The number of hydrogen-bond acceptors (Lipinski definition) is 7. The topological polar surface area (TPSA) is 279 Å². The quantitative estimate of drug-likeness (QED) is 0.0576.